The van der Waals surface area contributed by atoms with E-state index < -0.39 is 0 Å². The minimum absolute atomic E-state index is 0. The minimum atomic E-state index is -0.346. The van der Waals surface area contributed by atoms with Gasteiger partial charge in [0.2, 0.25) is 0 Å². The molecule has 1 saturated heterocycles. The molecule has 0 radical (unpaired) electrons. The van der Waals surface area contributed by atoms with E-state index in [9.17, 15) is 4.39 Å². The van der Waals surface area contributed by atoms with Gasteiger partial charge in [-0.15, -0.1) is 24.0 Å². The first kappa shape index (κ1) is 23.3. The van der Waals surface area contributed by atoms with E-state index in [1.807, 2.05) is 13.0 Å². The lowest BCUT2D eigenvalue weighted by Crippen LogP contribution is -2.43. The molecule has 158 valence electrons. The Hall–Kier alpha value is -2.03. The van der Waals surface area contributed by atoms with Gasteiger partial charge >= 0.3 is 0 Å². The SMILES string of the molecule is CN=C(NCC1CCN(c2ccccc2)C1)NCC(C)Oc1ccccc1F.I. The van der Waals surface area contributed by atoms with Gasteiger partial charge in [0, 0.05) is 32.4 Å². The van der Waals surface area contributed by atoms with Gasteiger partial charge in [-0.1, -0.05) is 30.3 Å². The van der Waals surface area contributed by atoms with Crippen LogP contribution in [0.4, 0.5) is 10.1 Å². The Morgan fingerprint density at radius 3 is 2.62 bits per heavy atom. The van der Waals surface area contributed by atoms with Gasteiger partial charge in [-0.3, -0.25) is 4.99 Å². The summed E-state index contributed by atoms with van der Waals surface area (Å²) in [5, 5.41) is 6.65. The van der Waals surface area contributed by atoms with Crippen LogP contribution in [-0.4, -0.2) is 45.3 Å². The van der Waals surface area contributed by atoms with Crippen LogP contribution in [-0.2, 0) is 0 Å². The fourth-order valence-corrected chi connectivity index (χ4v) is 3.37. The highest BCUT2D eigenvalue weighted by molar-refractivity contribution is 14.0. The van der Waals surface area contributed by atoms with E-state index in [4.69, 9.17) is 4.74 Å². The molecule has 2 aromatic rings. The largest absolute Gasteiger partial charge is 0.486 e. The number of guanidine groups is 1. The highest BCUT2D eigenvalue weighted by Crippen LogP contribution is 2.23. The van der Waals surface area contributed by atoms with Crippen molar-refractivity contribution in [3.8, 4) is 5.75 Å². The Labute approximate surface area is 189 Å². The van der Waals surface area contributed by atoms with Crippen LogP contribution < -0.4 is 20.3 Å². The molecule has 29 heavy (non-hydrogen) atoms. The van der Waals surface area contributed by atoms with E-state index in [0.717, 1.165) is 32.0 Å². The first-order valence-corrected chi connectivity index (χ1v) is 9.81. The molecule has 1 aliphatic rings. The quantitative estimate of drug-likeness (QED) is 0.336. The van der Waals surface area contributed by atoms with Crippen LogP contribution in [0.1, 0.15) is 13.3 Å². The number of hydrogen-bond donors (Lipinski definition) is 2. The van der Waals surface area contributed by atoms with Gasteiger partial charge in [0.25, 0.3) is 0 Å². The first-order chi connectivity index (χ1) is 13.7. The number of ether oxygens (including phenoxy) is 1. The predicted molar refractivity (Wildman–Crippen MR) is 128 cm³/mol. The minimum Gasteiger partial charge on any atom is -0.486 e. The standard InChI is InChI=1S/C22H29FN4O.HI/c1-17(28-21-11-7-6-10-20(21)23)14-25-22(24-2)26-15-18-12-13-27(16-18)19-8-4-3-5-9-19;/h3-11,17-18H,12-16H2,1-2H3,(H2,24,25,26);1H. The Morgan fingerprint density at radius 2 is 1.90 bits per heavy atom. The van der Waals surface area contributed by atoms with Gasteiger partial charge in [0.1, 0.15) is 6.10 Å². The monoisotopic (exact) mass is 512 g/mol. The summed E-state index contributed by atoms with van der Waals surface area (Å²) >= 11 is 0. The summed E-state index contributed by atoms with van der Waals surface area (Å²) < 4.78 is 19.3. The average molecular weight is 512 g/mol. The maximum atomic E-state index is 13.7. The molecular weight excluding hydrogens is 482 g/mol. The molecule has 7 heteroatoms. The summed E-state index contributed by atoms with van der Waals surface area (Å²) in [6.07, 6.45) is 0.974. The number of nitrogens with zero attached hydrogens (tertiary/aromatic N) is 2. The van der Waals surface area contributed by atoms with E-state index in [1.54, 1.807) is 25.2 Å². The maximum absolute atomic E-state index is 13.7. The molecule has 0 aliphatic carbocycles. The zero-order valence-electron chi connectivity index (χ0n) is 17.0. The first-order valence-electron chi connectivity index (χ1n) is 9.81. The maximum Gasteiger partial charge on any atom is 0.191 e. The summed E-state index contributed by atoms with van der Waals surface area (Å²) in [5.74, 6) is 1.24. The lowest BCUT2D eigenvalue weighted by Gasteiger charge is -2.20. The summed E-state index contributed by atoms with van der Waals surface area (Å²) in [4.78, 5) is 6.70. The second kappa shape index (κ2) is 11.8. The molecule has 0 bridgehead atoms. The number of rotatable bonds is 7. The van der Waals surface area contributed by atoms with Gasteiger partial charge in [-0.2, -0.15) is 0 Å². The smallest absolute Gasteiger partial charge is 0.191 e. The van der Waals surface area contributed by atoms with Crippen LogP contribution in [0.15, 0.2) is 59.6 Å². The molecule has 1 heterocycles. The van der Waals surface area contributed by atoms with Gasteiger partial charge < -0.3 is 20.3 Å². The van der Waals surface area contributed by atoms with Crippen molar-refractivity contribution in [3.63, 3.8) is 0 Å². The molecule has 2 unspecified atom stereocenters. The van der Waals surface area contributed by atoms with Crippen molar-refractivity contribution < 1.29 is 9.13 Å². The number of aliphatic imine (C=N–C) groups is 1. The number of anilines is 1. The molecule has 0 saturated carbocycles. The lowest BCUT2D eigenvalue weighted by molar-refractivity contribution is 0.214. The molecular formula is C22H30FIN4O. The molecule has 0 amide bonds. The van der Waals surface area contributed by atoms with Crippen molar-refractivity contribution >= 4 is 35.6 Å². The van der Waals surface area contributed by atoms with Crippen molar-refractivity contribution in [2.24, 2.45) is 10.9 Å². The van der Waals surface area contributed by atoms with Crippen molar-refractivity contribution in [2.75, 3.05) is 38.1 Å². The molecule has 1 fully saturated rings. The Morgan fingerprint density at radius 1 is 1.17 bits per heavy atom. The van der Waals surface area contributed by atoms with Crippen LogP contribution in [0.2, 0.25) is 0 Å². The number of para-hydroxylation sites is 2. The van der Waals surface area contributed by atoms with Crippen LogP contribution in [0, 0.1) is 11.7 Å². The third kappa shape index (κ3) is 7.06. The highest BCUT2D eigenvalue weighted by Gasteiger charge is 2.22. The van der Waals surface area contributed by atoms with E-state index in [2.05, 4.69) is 44.8 Å². The lowest BCUT2D eigenvalue weighted by atomic mass is 10.1. The molecule has 2 aromatic carbocycles. The molecule has 2 atom stereocenters. The Balaban J connectivity index is 0.00000300. The zero-order chi connectivity index (χ0) is 19.8. The fourth-order valence-electron chi connectivity index (χ4n) is 3.37. The number of hydrogen-bond acceptors (Lipinski definition) is 3. The third-order valence-corrected chi connectivity index (χ3v) is 4.91. The van der Waals surface area contributed by atoms with Crippen LogP contribution in [0.5, 0.6) is 5.75 Å². The fraction of sp³-hybridized carbons (Fsp3) is 0.409. The molecule has 1 aliphatic heterocycles. The third-order valence-electron chi connectivity index (χ3n) is 4.91. The summed E-state index contributed by atoms with van der Waals surface area (Å²) in [6.45, 7) is 5.43. The second-order valence-corrected chi connectivity index (χ2v) is 7.13. The van der Waals surface area contributed by atoms with Gasteiger partial charge in [-0.05, 0) is 43.5 Å². The van der Waals surface area contributed by atoms with Gasteiger partial charge in [-0.25, -0.2) is 4.39 Å². The molecule has 0 spiro atoms. The topological polar surface area (TPSA) is 48.9 Å². The van der Waals surface area contributed by atoms with E-state index in [1.165, 1.54) is 11.8 Å². The van der Waals surface area contributed by atoms with E-state index >= 15 is 0 Å². The molecule has 2 N–H and O–H groups in total. The van der Waals surface area contributed by atoms with Crippen molar-refractivity contribution in [1.29, 1.82) is 0 Å². The van der Waals surface area contributed by atoms with Gasteiger partial charge in [0.15, 0.2) is 17.5 Å². The Kier molecular flexibility index (Phi) is 9.50. The number of benzene rings is 2. The summed E-state index contributed by atoms with van der Waals surface area (Å²) in [7, 11) is 1.75. The molecule has 5 nitrogen and oxygen atoms in total. The number of halogens is 2. The Bertz CT molecular complexity index is 774. The van der Waals surface area contributed by atoms with E-state index in [0.29, 0.717) is 12.5 Å². The van der Waals surface area contributed by atoms with Crippen LogP contribution >= 0.6 is 24.0 Å². The number of nitrogens with one attached hydrogen (secondary N) is 2. The predicted octanol–water partition coefficient (Wildman–Crippen LogP) is 3.90. The summed E-state index contributed by atoms with van der Waals surface area (Å²) in [5.41, 5.74) is 1.28. The highest BCUT2D eigenvalue weighted by atomic mass is 127. The normalized spacial score (nSPS) is 17.4. The van der Waals surface area contributed by atoms with Crippen molar-refractivity contribution in [3.05, 3.63) is 60.4 Å². The summed E-state index contributed by atoms with van der Waals surface area (Å²) in [6, 6.07) is 17.0. The van der Waals surface area contributed by atoms with E-state index in [-0.39, 0.29) is 41.6 Å². The molecule has 3 rings (SSSR count). The molecule has 0 aromatic heterocycles. The van der Waals surface area contributed by atoms with Crippen molar-refractivity contribution in [1.82, 2.24) is 10.6 Å². The van der Waals surface area contributed by atoms with Crippen LogP contribution in [0.25, 0.3) is 0 Å². The second-order valence-electron chi connectivity index (χ2n) is 7.13. The van der Waals surface area contributed by atoms with Gasteiger partial charge in [0.05, 0.1) is 6.54 Å². The van der Waals surface area contributed by atoms with Crippen molar-refractivity contribution in [2.45, 2.75) is 19.4 Å². The average Bonchev–Trinajstić information content (AvgIpc) is 3.20. The zero-order valence-corrected chi connectivity index (χ0v) is 19.3. The van der Waals surface area contributed by atoms with Crippen LogP contribution in [0.3, 0.4) is 0 Å².